The van der Waals surface area contributed by atoms with E-state index in [4.69, 9.17) is 4.74 Å². The fourth-order valence-corrected chi connectivity index (χ4v) is 2.10. The molecule has 0 radical (unpaired) electrons. The summed E-state index contributed by atoms with van der Waals surface area (Å²) in [6, 6.07) is 7.87. The molecule has 88 valence electrons. The second-order valence-electron chi connectivity index (χ2n) is 3.52. The van der Waals surface area contributed by atoms with Crippen LogP contribution < -0.4 is 0 Å². The lowest BCUT2D eigenvalue weighted by Crippen LogP contribution is -2.04. The molecule has 0 atom stereocenters. The Kier molecular flexibility index (Phi) is 6.19. The Morgan fingerprint density at radius 3 is 2.56 bits per heavy atom. The number of ketones is 1. The van der Waals surface area contributed by atoms with Gasteiger partial charge in [0.15, 0.2) is 5.78 Å². The maximum atomic E-state index is 11.7. The number of carbonyl (C=O) groups is 1. The minimum Gasteiger partial charge on any atom is -0.384 e. The molecule has 0 fully saturated rings. The number of aryl methyl sites for hydroxylation is 1. The van der Waals surface area contributed by atoms with Crippen LogP contribution in [0.1, 0.15) is 22.8 Å². The number of ether oxygens (including phenoxy) is 1. The third kappa shape index (κ3) is 4.37. The number of rotatable bonds is 7. The number of carbonyl (C=O) groups excluding carboxylic acids is 1. The number of thioether (sulfide) groups is 1. The van der Waals surface area contributed by atoms with E-state index in [0.717, 1.165) is 17.7 Å². The van der Waals surface area contributed by atoms with Gasteiger partial charge < -0.3 is 4.74 Å². The molecule has 1 aromatic carbocycles. The molecule has 0 saturated carbocycles. The molecule has 0 amide bonds. The summed E-state index contributed by atoms with van der Waals surface area (Å²) in [6.07, 6.45) is 1.01. The highest BCUT2D eigenvalue weighted by Gasteiger charge is 2.05. The van der Waals surface area contributed by atoms with Gasteiger partial charge in [-0.15, -0.1) is 0 Å². The second kappa shape index (κ2) is 7.47. The van der Waals surface area contributed by atoms with Crippen LogP contribution in [-0.2, 0) is 11.2 Å². The van der Waals surface area contributed by atoms with Crippen LogP contribution in [0.15, 0.2) is 24.3 Å². The lowest BCUT2D eigenvalue weighted by atomic mass is 10.1. The zero-order valence-electron chi connectivity index (χ0n) is 9.86. The zero-order valence-corrected chi connectivity index (χ0v) is 10.7. The number of hydrogen-bond acceptors (Lipinski definition) is 3. The van der Waals surface area contributed by atoms with Gasteiger partial charge in [0.05, 0.1) is 12.4 Å². The van der Waals surface area contributed by atoms with Gasteiger partial charge >= 0.3 is 0 Å². The first-order valence-electron chi connectivity index (χ1n) is 5.46. The van der Waals surface area contributed by atoms with Crippen LogP contribution in [0.25, 0.3) is 0 Å². The smallest absolute Gasteiger partial charge is 0.172 e. The summed E-state index contributed by atoms with van der Waals surface area (Å²) in [6.45, 7) is 2.81. The molecule has 16 heavy (non-hydrogen) atoms. The Labute approximate surface area is 101 Å². The first-order chi connectivity index (χ1) is 7.77. The fraction of sp³-hybridized carbons (Fsp3) is 0.462. The van der Waals surface area contributed by atoms with Gasteiger partial charge in [0.25, 0.3) is 0 Å². The molecule has 0 spiro atoms. The van der Waals surface area contributed by atoms with Gasteiger partial charge in [-0.25, -0.2) is 0 Å². The van der Waals surface area contributed by atoms with Crippen molar-refractivity contribution in [2.45, 2.75) is 13.3 Å². The zero-order chi connectivity index (χ0) is 11.8. The lowest BCUT2D eigenvalue weighted by molar-refractivity contribution is 0.102. The molecular weight excluding hydrogens is 220 g/mol. The Morgan fingerprint density at radius 1 is 1.31 bits per heavy atom. The van der Waals surface area contributed by atoms with Crippen LogP contribution >= 0.6 is 11.8 Å². The Balaban J connectivity index is 2.40. The third-order valence-corrected chi connectivity index (χ3v) is 3.27. The van der Waals surface area contributed by atoms with Gasteiger partial charge in [-0.3, -0.25) is 4.79 Å². The minimum atomic E-state index is 0.198. The van der Waals surface area contributed by atoms with Gasteiger partial charge in [0.2, 0.25) is 0 Å². The Bertz CT molecular complexity index is 319. The SMILES string of the molecule is CCc1ccc(C(=O)CSCCOC)cc1. The van der Waals surface area contributed by atoms with Crippen molar-refractivity contribution in [3.63, 3.8) is 0 Å². The van der Waals surface area contributed by atoms with Crippen LogP contribution in [0.3, 0.4) is 0 Å². The van der Waals surface area contributed by atoms with E-state index in [2.05, 4.69) is 6.92 Å². The van der Waals surface area contributed by atoms with Crippen molar-refractivity contribution in [2.24, 2.45) is 0 Å². The monoisotopic (exact) mass is 238 g/mol. The number of Topliss-reactive ketones (excluding diaryl/α,β-unsaturated/α-hetero) is 1. The normalized spacial score (nSPS) is 10.4. The van der Waals surface area contributed by atoms with Crippen LogP contribution in [-0.4, -0.2) is 31.0 Å². The average Bonchev–Trinajstić information content (AvgIpc) is 2.34. The molecule has 0 bridgehead atoms. The summed E-state index contributed by atoms with van der Waals surface area (Å²) in [5.41, 5.74) is 2.07. The van der Waals surface area contributed by atoms with E-state index in [-0.39, 0.29) is 5.78 Å². The summed E-state index contributed by atoms with van der Waals surface area (Å²) in [5.74, 6) is 1.60. The van der Waals surface area contributed by atoms with Crippen molar-refractivity contribution >= 4 is 17.5 Å². The summed E-state index contributed by atoms with van der Waals surface area (Å²) >= 11 is 1.62. The van der Waals surface area contributed by atoms with Crippen molar-refractivity contribution in [3.05, 3.63) is 35.4 Å². The van der Waals surface area contributed by atoms with Gasteiger partial charge in [0, 0.05) is 18.4 Å². The maximum absolute atomic E-state index is 11.7. The third-order valence-electron chi connectivity index (χ3n) is 2.35. The highest BCUT2D eigenvalue weighted by molar-refractivity contribution is 8.00. The van der Waals surface area contributed by atoms with Crippen LogP contribution in [0.4, 0.5) is 0 Å². The molecular formula is C13H18O2S. The van der Waals surface area contributed by atoms with Crippen molar-refractivity contribution in [1.29, 1.82) is 0 Å². The highest BCUT2D eigenvalue weighted by atomic mass is 32.2. The number of methoxy groups -OCH3 is 1. The summed E-state index contributed by atoms with van der Waals surface area (Å²) in [4.78, 5) is 11.7. The van der Waals surface area contributed by atoms with E-state index in [1.807, 2.05) is 24.3 Å². The van der Waals surface area contributed by atoms with Crippen LogP contribution in [0.5, 0.6) is 0 Å². The van der Waals surface area contributed by atoms with Crippen LogP contribution in [0, 0.1) is 0 Å². The maximum Gasteiger partial charge on any atom is 0.172 e. The first-order valence-corrected chi connectivity index (χ1v) is 6.62. The standard InChI is InChI=1S/C13H18O2S/c1-3-11-4-6-12(7-5-11)13(14)10-16-9-8-15-2/h4-7H,3,8-10H2,1-2H3. The van der Waals surface area contributed by atoms with E-state index in [1.165, 1.54) is 5.56 Å². The minimum absolute atomic E-state index is 0.198. The summed E-state index contributed by atoms with van der Waals surface area (Å²) in [7, 11) is 1.67. The Morgan fingerprint density at radius 2 is 2.00 bits per heavy atom. The van der Waals surface area contributed by atoms with Crippen molar-refractivity contribution in [1.82, 2.24) is 0 Å². The Hall–Kier alpha value is -0.800. The average molecular weight is 238 g/mol. The first kappa shape index (κ1) is 13.3. The highest BCUT2D eigenvalue weighted by Crippen LogP contribution is 2.09. The summed E-state index contributed by atoms with van der Waals surface area (Å²) in [5, 5.41) is 0. The van der Waals surface area contributed by atoms with Gasteiger partial charge in [-0.2, -0.15) is 11.8 Å². The predicted molar refractivity (Wildman–Crippen MR) is 69.4 cm³/mol. The van der Waals surface area contributed by atoms with Gasteiger partial charge in [0.1, 0.15) is 0 Å². The molecule has 0 saturated heterocycles. The van der Waals surface area contributed by atoms with Crippen molar-refractivity contribution < 1.29 is 9.53 Å². The molecule has 0 aliphatic heterocycles. The molecule has 3 heteroatoms. The molecule has 0 aliphatic rings. The van der Waals surface area contributed by atoms with Crippen molar-refractivity contribution in [3.8, 4) is 0 Å². The molecule has 0 unspecified atom stereocenters. The van der Waals surface area contributed by atoms with Gasteiger partial charge in [-0.05, 0) is 12.0 Å². The quantitative estimate of drug-likeness (QED) is 0.540. The molecule has 0 heterocycles. The fourth-order valence-electron chi connectivity index (χ4n) is 1.32. The summed E-state index contributed by atoms with van der Waals surface area (Å²) < 4.78 is 4.93. The van der Waals surface area contributed by atoms with E-state index in [9.17, 15) is 4.79 Å². The van der Waals surface area contributed by atoms with E-state index in [1.54, 1.807) is 18.9 Å². The molecule has 0 aromatic heterocycles. The number of benzene rings is 1. The van der Waals surface area contributed by atoms with Gasteiger partial charge in [-0.1, -0.05) is 31.2 Å². The van der Waals surface area contributed by atoms with Crippen LogP contribution in [0.2, 0.25) is 0 Å². The lowest BCUT2D eigenvalue weighted by Gasteiger charge is -2.02. The molecule has 1 rings (SSSR count). The van der Waals surface area contributed by atoms with Crippen molar-refractivity contribution in [2.75, 3.05) is 25.2 Å². The topological polar surface area (TPSA) is 26.3 Å². The molecule has 0 N–H and O–H groups in total. The number of hydrogen-bond donors (Lipinski definition) is 0. The van der Waals surface area contributed by atoms with E-state index in [0.29, 0.717) is 12.4 Å². The van der Waals surface area contributed by atoms with E-state index >= 15 is 0 Å². The largest absolute Gasteiger partial charge is 0.384 e. The second-order valence-corrected chi connectivity index (χ2v) is 4.62. The predicted octanol–water partition coefficient (Wildman–Crippen LogP) is 2.81. The molecule has 0 aliphatic carbocycles. The van der Waals surface area contributed by atoms with E-state index < -0.39 is 0 Å². The molecule has 2 nitrogen and oxygen atoms in total. The molecule has 1 aromatic rings.